The van der Waals surface area contributed by atoms with Crippen LogP contribution in [0, 0.1) is 6.92 Å². The number of ether oxygens (including phenoxy) is 2. The highest BCUT2D eigenvalue weighted by Gasteiger charge is 2.42. The van der Waals surface area contributed by atoms with E-state index in [0.717, 1.165) is 11.1 Å². The van der Waals surface area contributed by atoms with Gasteiger partial charge in [-0.1, -0.05) is 24.3 Å². The predicted molar refractivity (Wildman–Crippen MR) is 84.2 cm³/mol. The van der Waals surface area contributed by atoms with Gasteiger partial charge in [-0.15, -0.1) is 0 Å². The topological polar surface area (TPSA) is 61.5 Å². The van der Waals surface area contributed by atoms with E-state index in [1.807, 2.05) is 45.0 Å². The Morgan fingerprint density at radius 3 is 2.29 bits per heavy atom. The summed E-state index contributed by atoms with van der Waals surface area (Å²) in [5.41, 5.74) is 6.86. The van der Waals surface area contributed by atoms with Crippen LogP contribution in [0.1, 0.15) is 37.8 Å². The predicted octanol–water partition coefficient (Wildman–Crippen LogP) is 2.57. The highest BCUT2D eigenvalue weighted by molar-refractivity contribution is 5.84. The van der Waals surface area contributed by atoms with Crippen molar-refractivity contribution >= 4 is 5.97 Å². The molecule has 2 N–H and O–H groups in total. The third-order valence-corrected chi connectivity index (χ3v) is 4.29. The third kappa shape index (κ3) is 3.83. The highest BCUT2D eigenvalue weighted by atomic mass is 16.5. The fraction of sp³-hybridized carbons (Fsp3) is 0.588. The fourth-order valence-corrected chi connectivity index (χ4v) is 2.56. The van der Waals surface area contributed by atoms with Crippen molar-refractivity contribution in [3.63, 3.8) is 0 Å². The van der Waals surface area contributed by atoms with E-state index in [1.54, 1.807) is 7.11 Å². The Bertz CT molecular complexity index is 485. The Morgan fingerprint density at radius 2 is 1.81 bits per heavy atom. The first-order chi connectivity index (χ1) is 9.83. The quantitative estimate of drug-likeness (QED) is 0.785. The lowest BCUT2D eigenvalue weighted by Gasteiger charge is -2.34. The first-order valence-corrected chi connectivity index (χ1v) is 7.23. The number of hydrogen-bond donors (Lipinski definition) is 1. The minimum Gasteiger partial charge on any atom is -0.468 e. The van der Waals surface area contributed by atoms with E-state index in [9.17, 15) is 4.79 Å². The Morgan fingerprint density at radius 1 is 1.19 bits per heavy atom. The molecule has 0 amide bonds. The van der Waals surface area contributed by atoms with Crippen LogP contribution in [0.25, 0.3) is 0 Å². The zero-order valence-corrected chi connectivity index (χ0v) is 13.7. The summed E-state index contributed by atoms with van der Waals surface area (Å²) in [5, 5.41) is 0. The number of carbonyl (C=O) groups excluding carboxylic acids is 1. The number of hydrogen-bond acceptors (Lipinski definition) is 4. The summed E-state index contributed by atoms with van der Waals surface area (Å²) in [6.45, 7) is 6.21. The van der Waals surface area contributed by atoms with Gasteiger partial charge >= 0.3 is 5.97 Å². The summed E-state index contributed by atoms with van der Waals surface area (Å²) >= 11 is 0. The molecule has 0 radical (unpaired) electrons. The molecular formula is C17H27NO3. The van der Waals surface area contributed by atoms with Crippen molar-refractivity contribution in [1.29, 1.82) is 0 Å². The summed E-state index contributed by atoms with van der Waals surface area (Å²) in [6, 6.07) is 7.83. The fourth-order valence-electron chi connectivity index (χ4n) is 2.56. The molecule has 21 heavy (non-hydrogen) atoms. The minimum absolute atomic E-state index is 0.213. The van der Waals surface area contributed by atoms with E-state index < -0.39 is 5.41 Å². The van der Waals surface area contributed by atoms with Gasteiger partial charge in [0.25, 0.3) is 0 Å². The van der Waals surface area contributed by atoms with Gasteiger partial charge < -0.3 is 15.2 Å². The van der Waals surface area contributed by atoms with Crippen molar-refractivity contribution in [2.24, 2.45) is 5.73 Å². The maximum absolute atomic E-state index is 12.5. The average molecular weight is 293 g/mol. The number of nitrogens with two attached hydrogens (primary N) is 1. The van der Waals surface area contributed by atoms with E-state index in [1.165, 1.54) is 7.11 Å². The van der Waals surface area contributed by atoms with Gasteiger partial charge in [0.1, 0.15) is 5.41 Å². The average Bonchev–Trinajstić information content (AvgIpc) is 2.49. The number of benzene rings is 1. The molecule has 0 heterocycles. The van der Waals surface area contributed by atoms with Crippen LogP contribution in [-0.2, 0) is 19.7 Å². The van der Waals surface area contributed by atoms with Gasteiger partial charge in [0.05, 0.1) is 12.7 Å². The highest BCUT2D eigenvalue weighted by Crippen LogP contribution is 2.35. The Balaban J connectivity index is 3.23. The summed E-state index contributed by atoms with van der Waals surface area (Å²) < 4.78 is 10.5. The first kappa shape index (κ1) is 17.7. The van der Waals surface area contributed by atoms with E-state index in [2.05, 4.69) is 0 Å². The van der Waals surface area contributed by atoms with Gasteiger partial charge in [-0.3, -0.25) is 4.79 Å². The molecule has 0 saturated carbocycles. The van der Waals surface area contributed by atoms with Crippen LogP contribution in [0.4, 0.5) is 0 Å². The number of methoxy groups -OCH3 is 2. The van der Waals surface area contributed by atoms with E-state index in [0.29, 0.717) is 12.8 Å². The molecule has 0 aromatic heterocycles. The van der Waals surface area contributed by atoms with E-state index in [-0.39, 0.29) is 18.1 Å². The largest absolute Gasteiger partial charge is 0.468 e. The third-order valence-electron chi connectivity index (χ3n) is 4.29. The van der Waals surface area contributed by atoms with Crippen molar-refractivity contribution in [2.45, 2.75) is 44.6 Å². The lowest BCUT2D eigenvalue weighted by Crippen LogP contribution is -2.45. The molecule has 0 bridgehead atoms. The summed E-state index contributed by atoms with van der Waals surface area (Å²) in [5.74, 6) is -0.286. The van der Waals surface area contributed by atoms with Gasteiger partial charge in [-0.05, 0) is 44.7 Å². The number of esters is 1. The van der Waals surface area contributed by atoms with Crippen LogP contribution in [0.3, 0.4) is 0 Å². The molecule has 1 atom stereocenters. The normalized spacial score (nSPS) is 14.6. The number of aryl methyl sites for hydroxylation is 1. The second kappa shape index (κ2) is 7.05. The zero-order valence-electron chi connectivity index (χ0n) is 13.7. The van der Waals surface area contributed by atoms with Gasteiger partial charge in [0.15, 0.2) is 0 Å². The SMILES string of the molecule is COC(=O)C(CN)(CCC(C)(C)OC)c1ccccc1C. The monoisotopic (exact) mass is 293 g/mol. The van der Waals surface area contributed by atoms with Gasteiger partial charge in [-0.25, -0.2) is 0 Å². The van der Waals surface area contributed by atoms with Crippen molar-refractivity contribution in [1.82, 2.24) is 0 Å². The van der Waals surface area contributed by atoms with Crippen molar-refractivity contribution in [3.8, 4) is 0 Å². The summed E-state index contributed by atoms with van der Waals surface area (Å²) in [7, 11) is 3.09. The zero-order chi connectivity index (χ0) is 16.1. The molecule has 118 valence electrons. The lowest BCUT2D eigenvalue weighted by atomic mass is 9.73. The Hall–Kier alpha value is -1.39. The molecule has 0 fully saturated rings. The minimum atomic E-state index is -0.824. The van der Waals surface area contributed by atoms with Crippen LogP contribution in [0.2, 0.25) is 0 Å². The molecule has 1 aromatic rings. The van der Waals surface area contributed by atoms with Gasteiger partial charge in [0.2, 0.25) is 0 Å². The molecule has 0 aliphatic carbocycles. The second-order valence-corrected chi connectivity index (χ2v) is 6.06. The van der Waals surface area contributed by atoms with Crippen LogP contribution in [0.5, 0.6) is 0 Å². The van der Waals surface area contributed by atoms with Gasteiger partial charge in [-0.2, -0.15) is 0 Å². The van der Waals surface area contributed by atoms with Crippen LogP contribution in [-0.4, -0.2) is 32.3 Å². The standard InChI is InChI=1S/C17H27NO3/c1-13-8-6-7-9-14(13)17(12-18,15(19)20-4)11-10-16(2,3)21-5/h6-9H,10-12,18H2,1-5H3. The second-order valence-electron chi connectivity index (χ2n) is 6.06. The van der Waals surface area contributed by atoms with Crippen LogP contribution >= 0.6 is 0 Å². The van der Waals surface area contributed by atoms with E-state index >= 15 is 0 Å². The molecule has 1 unspecified atom stereocenters. The van der Waals surface area contributed by atoms with Crippen molar-refractivity contribution in [3.05, 3.63) is 35.4 Å². The number of carbonyl (C=O) groups is 1. The lowest BCUT2D eigenvalue weighted by molar-refractivity contribution is -0.148. The maximum atomic E-state index is 12.5. The Labute approximate surface area is 127 Å². The molecule has 0 aliphatic rings. The van der Waals surface area contributed by atoms with Crippen molar-refractivity contribution in [2.75, 3.05) is 20.8 Å². The molecule has 0 spiro atoms. The van der Waals surface area contributed by atoms with E-state index in [4.69, 9.17) is 15.2 Å². The van der Waals surface area contributed by atoms with Gasteiger partial charge in [0, 0.05) is 13.7 Å². The molecule has 0 aliphatic heterocycles. The van der Waals surface area contributed by atoms with Crippen LogP contribution in [0.15, 0.2) is 24.3 Å². The molecule has 1 aromatic carbocycles. The smallest absolute Gasteiger partial charge is 0.317 e. The molecule has 4 nitrogen and oxygen atoms in total. The molecule has 1 rings (SSSR count). The van der Waals surface area contributed by atoms with Crippen molar-refractivity contribution < 1.29 is 14.3 Å². The van der Waals surface area contributed by atoms with Crippen LogP contribution < -0.4 is 5.73 Å². The summed E-state index contributed by atoms with van der Waals surface area (Å²) in [6.07, 6.45) is 1.30. The molecule has 4 heteroatoms. The molecular weight excluding hydrogens is 266 g/mol. The Kier molecular flexibility index (Phi) is 5.93. The number of rotatable bonds is 7. The molecule has 0 saturated heterocycles. The maximum Gasteiger partial charge on any atom is 0.317 e. The first-order valence-electron chi connectivity index (χ1n) is 7.23. The summed E-state index contributed by atoms with van der Waals surface area (Å²) in [4.78, 5) is 12.5.